The fourth-order valence-corrected chi connectivity index (χ4v) is 4.17. The number of rotatable bonds is 5. The molecular weight excluding hydrogens is 396 g/mol. The van der Waals surface area contributed by atoms with E-state index in [1.807, 2.05) is 29.6 Å². The summed E-state index contributed by atoms with van der Waals surface area (Å²) in [5.74, 6) is -0.364. The summed E-state index contributed by atoms with van der Waals surface area (Å²) in [6, 6.07) is 13.9. The molecular formula is C19H12N4O3S2. The lowest BCUT2D eigenvalue weighted by atomic mass is 10.2. The molecule has 28 heavy (non-hydrogen) atoms. The molecule has 4 aromatic rings. The third-order valence-electron chi connectivity index (χ3n) is 3.76. The minimum atomic E-state index is -0.476. The summed E-state index contributed by atoms with van der Waals surface area (Å²) < 4.78 is 1.08. The van der Waals surface area contributed by atoms with Crippen LogP contribution in [0.15, 0.2) is 60.0 Å². The summed E-state index contributed by atoms with van der Waals surface area (Å²) in [7, 11) is 0. The molecule has 1 amide bonds. The maximum atomic E-state index is 12.1. The highest BCUT2D eigenvalue weighted by molar-refractivity contribution is 7.22. The molecule has 9 heteroatoms. The lowest BCUT2D eigenvalue weighted by Crippen LogP contribution is -2.07. The van der Waals surface area contributed by atoms with E-state index in [2.05, 4.69) is 15.3 Å². The minimum absolute atomic E-state index is 0.0250. The average molecular weight is 408 g/mol. The fraction of sp³-hybridized carbons (Fsp3) is 0. The molecule has 1 N–H and O–H groups in total. The largest absolute Gasteiger partial charge is 0.298 e. The molecule has 7 nitrogen and oxygen atoms in total. The van der Waals surface area contributed by atoms with Crippen molar-refractivity contribution in [3.8, 4) is 10.7 Å². The first kappa shape index (κ1) is 18.0. The number of nitrogens with zero attached hydrogens (tertiary/aromatic N) is 3. The Bertz CT molecular complexity index is 1180. The van der Waals surface area contributed by atoms with Crippen molar-refractivity contribution < 1.29 is 9.72 Å². The van der Waals surface area contributed by atoms with Crippen LogP contribution in [0.3, 0.4) is 0 Å². The monoisotopic (exact) mass is 408 g/mol. The normalized spacial score (nSPS) is 11.1. The van der Waals surface area contributed by atoms with Crippen LogP contribution >= 0.6 is 22.7 Å². The summed E-state index contributed by atoms with van der Waals surface area (Å²) in [6.45, 7) is 0. The van der Waals surface area contributed by atoms with Crippen LogP contribution in [-0.2, 0) is 4.79 Å². The van der Waals surface area contributed by atoms with Gasteiger partial charge in [-0.05, 0) is 23.8 Å². The van der Waals surface area contributed by atoms with Gasteiger partial charge in [0.05, 0.1) is 15.1 Å². The molecule has 138 valence electrons. The number of non-ortho nitro benzene ring substituents is 1. The van der Waals surface area contributed by atoms with Gasteiger partial charge < -0.3 is 0 Å². The lowest BCUT2D eigenvalue weighted by molar-refractivity contribution is -0.384. The van der Waals surface area contributed by atoms with Crippen LogP contribution in [0.4, 0.5) is 10.8 Å². The number of benzene rings is 2. The van der Waals surface area contributed by atoms with Crippen LogP contribution in [-0.4, -0.2) is 20.8 Å². The summed E-state index contributed by atoms with van der Waals surface area (Å²) in [6.07, 6.45) is 2.84. The SMILES string of the molecule is O=C(C=Cc1cccc([N+](=O)[O-])c1)Nc1nc(-c2nc3ccccc3s2)cs1. The van der Waals surface area contributed by atoms with Gasteiger partial charge in [0.25, 0.3) is 5.69 Å². The minimum Gasteiger partial charge on any atom is -0.298 e. The number of aromatic nitrogens is 2. The standard InChI is InChI=1S/C19H12N4O3S2/c24-17(9-8-12-4-3-5-13(10-12)23(25)26)22-19-21-15(11-27-19)18-20-14-6-1-2-7-16(14)28-18/h1-11H,(H,21,22,24). The van der Waals surface area contributed by atoms with Gasteiger partial charge in [0, 0.05) is 23.6 Å². The van der Waals surface area contributed by atoms with E-state index < -0.39 is 4.92 Å². The Labute approximate surface area is 167 Å². The highest BCUT2D eigenvalue weighted by Gasteiger charge is 2.11. The number of nitro benzene ring substituents is 1. The molecule has 0 aliphatic rings. The van der Waals surface area contributed by atoms with E-state index in [0.29, 0.717) is 16.4 Å². The van der Waals surface area contributed by atoms with Gasteiger partial charge in [-0.15, -0.1) is 22.7 Å². The molecule has 0 saturated carbocycles. The highest BCUT2D eigenvalue weighted by Crippen LogP contribution is 2.31. The molecule has 0 atom stereocenters. The number of thiazole rings is 2. The fourth-order valence-electron chi connectivity index (χ4n) is 2.47. The molecule has 0 unspecified atom stereocenters. The number of anilines is 1. The Morgan fingerprint density at radius 2 is 2.00 bits per heavy atom. The summed E-state index contributed by atoms with van der Waals surface area (Å²) >= 11 is 2.86. The van der Waals surface area contributed by atoms with Gasteiger partial charge in [-0.3, -0.25) is 20.2 Å². The molecule has 0 spiro atoms. The van der Waals surface area contributed by atoms with Gasteiger partial charge >= 0.3 is 0 Å². The molecule has 4 rings (SSSR count). The van der Waals surface area contributed by atoms with Crippen molar-refractivity contribution in [1.29, 1.82) is 0 Å². The van der Waals surface area contributed by atoms with Crippen molar-refractivity contribution >= 4 is 55.7 Å². The van der Waals surface area contributed by atoms with Crippen LogP contribution in [0, 0.1) is 10.1 Å². The van der Waals surface area contributed by atoms with Crippen LogP contribution in [0.25, 0.3) is 27.0 Å². The number of carbonyl (C=O) groups excluding carboxylic acids is 1. The molecule has 0 radical (unpaired) electrons. The Morgan fingerprint density at radius 1 is 1.14 bits per heavy atom. The predicted octanol–water partition coefficient (Wildman–Crippen LogP) is 4.98. The molecule has 2 aromatic carbocycles. The number of hydrogen-bond donors (Lipinski definition) is 1. The predicted molar refractivity (Wildman–Crippen MR) is 111 cm³/mol. The van der Waals surface area contributed by atoms with Crippen molar-refractivity contribution in [1.82, 2.24) is 9.97 Å². The molecule has 2 heterocycles. The van der Waals surface area contributed by atoms with Crippen LogP contribution < -0.4 is 5.32 Å². The number of carbonyl (C=O) groups is 1. The zero-order chi connectivity index (χ0) is 19.5. The molecule has 0 saturated heterocycles. The van der Waals surface area contributed by atoms with E-state index in [1.54, 1.807) is 23.5 Å². The second-order valence-corrected chi connectivity index (χ2v) is 7.59. The van der Waals surface area contributed by atoms with Crippen molar-refractivity contribution in [2.75, 3.05) is 5.32 Å². The Balaban J connectivity index is 1.45. The topological polar surface area (TPSA) is 98.0 Å². The second-order valence-electron chi connectivity index (χ2n) is 5.70. The summed E-state index contributed by atoms with van der Waals surface area (Å²) in [5, 5.41) is 16.6. The summed E-state index contributed by atoms with van der Waals surface area (Å²) in [5.41, 5.74) is 2.17. The maximum absolute atomic E-state index is 12.1. The molecule has 0 fully saturated rings. The van der Waals surface area contributed by atoms with Crippen molar-refractivity contribution in [2.24, 2.45) is 0 Å². The second kappa shape index (κ2) is 7.67. The quantitative estimate of drug-likeness (QED) is 0.285. The van der Waals surface area contributed by atoms with Gasteiger partial charge in [-0.2, -0.15) is 0 Å². The van der Waals surface area contributed by atoms with E-state index in [4.69, 9.17) is 0 Å². The van der Waals surface area contributed by atoms with Crippen LogP contribution in [0.5, 0.6) is 0 Å². The summed E-state index contributed by atoms with van der Waals surface area (Å²) in [4.78, 5) is 31.4. The van der Waals surface area contributed by atoms with Crippen molar-refractivity contribution in [2.45, 2.75) is 0 Å². The number of nitro groups is 1. The molecule has 0 aliphatic carbocycles. The van der Waals surface area contributed by atoms with Crippen LogP contribution in [0.1, 0.15) is 5.56 Å². The van der Waals surface area contributed by atoms with E-state index in [9.17, 15) is 14.9 Å². The van der Waals surface area contributed by atoms with E-state index >= 15 is 0 Å². The van der Waals surface area contributed by atoms with E-state index in [-0.39, 0.29) is 11.6 Å². The third-order valence-corrected chi connectivity index (χ3v) is 5.57. The highest BCUT2D eigenvalue weighted by atomic mass is 32.1. The first-order valence-electron chi connectivity index (χ1n) is 8.13. The number of fused-ring (bicyclic) bond motifs is 1. The van der Waals surface area contributed by atoms with Crippen molar-refractivity contribution in [3.63, 3.8) is 0 Å². The smallest absolute Gasteiger partial charge is 0.270 e. The van der Waals surface area contributed by atoms with Crippen molar-refractivity contribution in [3.05, 3.63) is 75.7 Å². The average Bonchev–Trinajstić information content (AvgIpc) is 3.33. The van der Waals surface area contributed by atoms with Gasteiger partial charge in [0.15, 0.2) is 5.13 Å². The van der Waals surface area contributed by atoms with Gasteiger partial charge in [-0.1, -0.05) is 24.3 Å². The van der Waals surface area contributed by atoms with E-state index in [0.717, 1.165) is 15.2 Å². The Morgan fingerprint density at radius 3 is 2.82 bits per heavy atom. The first-order valence-corrected chi connectivity index (χ1v) is 9.83. The number of nitrogens with one attached hydrogen (secondary N) is 1. The zero-order valence-corrected chi connectivity index (χ0v) is 15.9. The Kier molecular flexibility index (Phi) is 4.92. The zero-order valence-electron chi connectivity index (χ0n) is 14.2. The molecule has 0 bridgehead atoms. The maximum Gasteiger partial charge on any atom is 0.270 e. The van der Waals surface area contributed by atoms with Crippen LogP contribution in [0.2, 0.25) is 0 Å². The number of hydrogen-bond acceptors (Lipinski definition) is 7. The van der Waals surface area contributed by atoms with Gasteiger partial charge in [-0.25, -0.2) is 9.97 Å². The van der Waals surface area contributed by atoms with Gasteiger partial charge in [0.1, 0.15) is 10.7 Å². The third kappa shape index (κ3) is 3.95. The number of para-hydroxylation sites is 1. The number of amides is 1. The molecule has 0 aliphatic heterocycles. The van der Waals surface area contributed by atoms with Gasteiger partial charge in [0.2, 0.25) is 5.91 Å². The van der Waals surface area contributed by atoms with E-state index in [1.165, 1.54) is 35.6 Å². The Hall–Kier alpha value is -3.43. The lowest BCUT2D eigenvalue weighted by Gasteiger charge is -1.96. The first-order chi connectivity index (χ1) is 13.6. The molecule has 2 aromatic heterocycles.